The number of amides is 3. The van der Waals surface area contributed by atoms with Gasteiger partial charge in [-0.2, -0.15) is 0 Å². The number of hydrogen-bond donors (Lipinski definition) is 8. The SMILES string of the molecule is CC(C)CC(N)C(=O)NC(Cc1ccc(O)cc1)C(=O)NC(Cc1cnc[nH]1)C(=O)NC(Cc1ccc(O)cc1)C(=O)O. The predicted molar refractivity (Wildman–Crippen MR) is 157 cm³/mol. The van der Waals surface area contributed by atoms with Gasteiger partial charge in [0, 0.05) is 31.2 Å². The molecular weight excluding hydrogens is 556 g/mol. The zero-order valence-corrected chi connectivity index (χ0v) is 24.0. The molecule has 0 aliphatic carbocycles. The molecule has 9 N–H and O–H groups in total. The lowest BCUT2D eigenvalue weighted by Gasteiger charge is -2.25. The van der Waals surface area contributed by atoms with Crippen LogP contribution in [0.2, 0.25) is 0 Å². The molecule has 13 nitrogen and oxygen atoms in total. The number of carbonyl (C=O) groups excluding carboxylic acids is 3. The number of phenols is 2. The van der Waals surface area contributed by atoms with Gasteiger partial charge in [0.1, 0.15) is 29.6 Å². The molecule has 1 aromatic heterocycles. The third-order valence-electron chi connectivity index (χ3n) is 6.67. The number of H-pyrrole nitrogens is 1. The van der Waals surface area contributed by atoms with E-state index >= 15 is 0 Å². The van der Waals surface area contributed by atoms with Crippen molar-refractivity contribution < 1.29 is 34.5 Å². The molecule has 0 saturated carbocycles. The van der Waals surface area contributed by atoms with Crippen molar-refractivity contribution in [3.05, 3.63) is 77.9 Å². The first-order valence-electron chi connectivity index (χ1n) is 13.8. The number of carboxylic acids is 1. The molecule has 0 fully saturated rings. The molecule has 1 heterocycles. The molecule has 43 heavy (non-hydrogen) atoms. The summed E-state index contributed by atoms with van der Waals surface area (Å²) in [6, 6.07) is 7.43. The van der Waals surface area contributed by atoms with Gasteiger partial charge in [-0.25, -0.2) is 9.78 Å². The van der Waals surface area contributed by atoms with Gasteiger partial charge >= 0.3 is 5.97 Å². The van der Waals surface area contributed by atoms with E-state index in [0.717, 1.165) is 0 Å². The zero-order valence-electron chi connectivity index (χ0n) is 24.0. The smallest absolute Gasteiger partial charge is 0.326 e. The summed E-state index contributed by atoms with van der Waals surface area (Å²) in [4.78, 5) is 58.8. The average Bonchev–Trinajstić information content (AvgIpc) is 3.47. The highest BCUT2D eigenvalue weighted by Gasteiger charge is 2.31. The van der Waals surface area contributed by atoms with E-state index in [-0.39, 0.29) is 36.7 Å². The molecule has 2 aromatic carbocycles. The lowest BCUT2D eigenvalue weighted by molar-refractivity contribution is -0.142. The largest absolute Gasteiger partial charge is 0.508 e. The number of phenolic OH excluding ortho intramolecular Hbond substituents is 2. The van der Waals surface area contributed by atoms with E-state index in [1.54, 1.807) is 24.3 Å². The molecule has 0 spiro atoms. The fourth-order valence-electron chi connectivity index (χ4n) is 4.41. The molecule has 0 aliphatic heterocycles. The van der Waals surface area contributed by atoms with Crippen LogP contribution in [0.15, 0.2) is 61.1 Å². The highest BCUT2D eigenvalue weighted by molar-refractivity contribution is 5.94. The van der Waals surface area contributed by atoms with Crippen molar-refractivity contribution in [1.29, 1.82) is 0 Å². The van der Waals surface area contributed by atoms with Crippen LogP contribution in [0.1, 0.15) is 37.1 Å². The second-order valence-corrected chi connectivity index (χ2v) is 10.8. The van der Waals surface area contributed by atoms with Gasteiger partial charge in [-0.1, -0.05) is 38.1 Å². The van der Waals surface area contributed by atoms with E-state index in [1.165, 1.54) is 36.8 Å². The maximum absolute atomic E-state index is 13.6. The second-order valence-electron chi connectivity index (χ2n) is 10.8. The number of aliphatic carboxylic acids is 1. The summed E-state index contributed by atoms with van der Waals surface area (Å²) in [7, 11) is 0. The minimum absolute atomic E-state index is 0.0149. The van der Waals surface area contributed by atoms with Crippen LogP contribution >= 0.6 is 0 Å². The molecule has 3 rings (SSSR count). The number of carbonyl (C=O) groups is 4. The predicted octanol–water partition coefficient (Wildman–Crippen LogP) is 0.761. The lowest BCUT2D eigenvalue weighted by Crippen LogP contribution is -2.58. The fourth-order valence-corrected chi connectivity index (χ4v) is 4.41. The van der Waals surface area contributed by atoms with Crippen LogP contribution in [0.4, 0.5) is 0 Å². The molecule has 0 aliphatic rings. The van der Waals surface area contributed by atoms with Crippen LogP contribution < -0.4 is 21.7 Å². The maximum atomic E-state index is 13.6. The van der Waals surface area contributed by atoms with Crippen molar-refractivity contribution in [3.8, 4) is 11.5 Å². The Labute approximate surface area is 248 Å². The number of hydrogen-bond acceptors (Lipinski definition) is 8. The van der Waals surface area contributed by atoms with Gasteiger partial charge in [-0.05, 0) is 47.7 Å². The standard InChI is InChI=1S/C30H38N6O7/c1-17(2)11-23(31)27(39)34-24(12-18-3-7-21(37)8-4-18)28(40)35-25(14-20-15-32-16-33-20)29(41)36-26(30(42)43)13-19-5-9-22(38)10-6-19/h3-10,15-17,23-26,37-38H,11-14,31H2,1-2H3,(H,32,33)(H,34,39)(H,35,40)(H,36,41)(H,42,43). The number of nitrogens with two attached hydrogens (primary N) is 1. The van der Waals surface area contributed by atoms with Crippen LogP contribution in [-0.2, 0) is 38.4 Å². The van der Waals surface area contributed by atoms with E-state index in [1.807, 2.05) is 13.8 Å². The van der Waals surface area contributed by atoms with Crippen LogP contribution in [0.25, 0.3) is 0 Å². The number of aromatic nitrogens is 2. The number of aromatic amines is 1. The Balaban J connectivity index is 1.82. The molecule has 4 unspecified atom stereocenters. The Kier molecular flexibility index (Phi) is 11.6. The normalized spacial score (nSPS) is 13.9. The summed E-state index contributed by atoms with van der Waals surface area (Å²) in [5.74, 6) is -3.10. The van der Waals surface area contributed by atoms with Gasteiger partial charge in [0.05, 0.1) is 12.4 Å². The van der Waals surface area contributed by atoms with Crippen LogP contribution in [0.5, 0.6) is 11.5 Å². The molecule has 0 radical (unpaired) electrons. The molecule has 3 amide bonds. The van der Waals surface area contributed by atoms with Crippen molar-refractivity contribution in [1.82, 2.24) is 25.9 Å². The zero-order chi connectivity index (χ0) is 31.5. The maximum Gasteiger partial charge on any atom is 0.326 e. The molecular formula is C30H38N6O7. The fraction of sp³-hybridized carbons (Fsp3) is 0.367. The van der Waals surface area contributed by atoms with E-state index in [4.69, 9.17) is 5.73 Å². The topological polar surface area (TPSA) is 220 Å². The lowest BCUT2D eigenvalue weighted by atomic mass is 10.0. The number of rotatable bonds is 15. The van der Waals surface area contributed by atoms with Crippen molar-refractivity contribution in [2.75, 3.05) is 0 Å². The van der Waals surface area contributed by atoms with Gasteiger partial charge in [0.25, 0.3) is 0 Å². The first-order valence-corrected chi connectivity index (χ1v) is 13.8. The quantitative estimate of drug-likeness (QED) is 0.124. The summed E-state index contributed by atoms with van der Waals surface area (Å²) >= 11 is 0. The number of imidazole rings is 1. The third kappa shape index (κ3) is 10.5. The second kappa shape index (κ2) is 15.4. The van der Waals surface area contributed by atoms with Crippen LogP contribution in [0, 0.1) is 5.92 Å². The van der Waals surface area contributed by atoms with Crippen molar-refractivity contribution in [2.24, 2.45) is 11.7 Å². The summed E-state index contributed by atoms with van der Waals surface area (Å²) in [5, 5.41) is 36.8. The van der Waals surface area contributed by atoms with E-state index in [9.17, 15) is 34.5 Å². The Hall–Kier alpha value is -4.91. The summed E-state index contributed by atoms with van der Waals surface area (Å²) in [5.41, 5.74) is 7.75. The van der Waals surface area contributed by atoms with E-state index in [2.05, 4.69) is 25.9 Å². The van der Waals surface area contributed by atoms with Gasteiger partial charge in [-0.3, -0.25) is 14.4 Å². The average molecular weight is 595 g/mol. The summed E-state index contributed by atoms with van der Waals surface area (Å²) in [6.45, 7) is 3.83. The van der Waals surface area contributed by atoms with Crippen LogP contribution in [-0.4, -0.2) is 73.1 Å². The first-order chi connectivity index (χ1) is 20.4. The third-order valence-corrected chi connectivity index (χ3v) is 6.67. The van der Waals surface area contributed by atoms with Crippen LogP contribution in [0.3, 0.4) is 0 Å². The number of benzene rings is 2. The molecule has 13 heteroatoms. The van der Waals surface area contributed by atoms with Crippen molar-refractivity contribution in [3.63, 3.8) is 0 Å². The number of carboxylic acid groups (broad SMARTS) is 1. The number of aromatic hydroxyl groups is 2. The monoisotopic (exact) mass is 594 g/mol. The summed E-state index contributed by atoms with van der Waals surface area (Å²) in [6.07, 6.45) is 3.18. The Morgan fingerprint density at radius 3 is 1.70 bits per heavy atom. The highest BCUT2D eigenvalue weighted by Crippen LogP contribution is 2.14. The molecule has 0 bridgehead atoms. The highest BCUT2D eigenvalue weighted by atomic mass is 16.4. The minimum Gasteiger partial charge on any atom is -0.508 e. The van der Waals surface area contributed by atoms with E-state index in [0.29, 0.717) is 23.2 Å². The van der Waals surface area contributed by atoms with Crippen molar-refractivity contribution in [2.45, 2.75) is 63.7 Å². The number of nitrogens with one attached hydrogen (secondary N) is 4. The van der Waals surface area contributed by atoms with Gasteiger partial charge in [0.2, 0.25) is 17.7 Å². The minimum atomic E-state index is -1.33. The van der Waals surface area contributed by atoms with Crippen molar-refractivity contribution >= 4 is 23.7 Å². The summed E-state index contributed by atoms with van der Waals surface area (Å²) < 4.78 is 0. The number of nitrogens with zero attached hydrogens (tertiary/aromatic N) is 1. The first kappa shape index (κ1) is 32.6. The van der Waals surface area contributed by atoms with Gasteiger partial charge in [-0.15, -0.1) is 0 Å². The molecule has 4 atom stereocenters. The van der Waals surface area contributed by atoms with Gasteiger partial charge < -0.3 is 42.0 Å². The molecule has 3 aromatic rings. The Morgan fingerprint density at radius 2 is 1.23 bits per heavy atom. The Bertz CT molecular complexity index is 1360. The van der Waals surface area contributed by atoms with Gasteiger partial charge in [0.15, 0.2) is 0 Å². The molecule has 0 saturated heterocycles. The molecule has 230 valence electrons. The Morgan fingerprint density at radius 1 is 0.767 bits per heavy atom. The van der Waals surface area contributed by atoms with E-state index < -0.39 is 47.9 Å².